The number of morpholine rings is 1. The molecule has 3 aromatic rings. The summed E-state index contributed by atoms with van der Waals surface area (Å²) < 4.78 is 5.48. The zero-order valence-electron chi connectivity index (χ0n) is 15.2. The largest absolute Gasteiger partial charge is 0.379 e. The topological polar surface area (TPSA) is 50.3 Å². The van der Waals surface area contributed by atoms with Crippen LogP contribution in [0.4, 0.5) is 5.82 Å². The highest BCUT2D eigenvalue weighted by Gasteiger charge is 2.28. The fraction of sp³-hybridized carbons (Fsp3) is 0.400. The van der Waals surface area contributed by atoms with Crippen LogP contribution in [0.5, 0.6) is 0 Å². The molecule has 1 aliphatic rings. The third-order valence-electron chi connectivity index (χ3n) is 4.94. The number of anilines is 1. The molecule has 1 aliphatic heterocycles. The summed E-state index contributed by atoms with van der Waals surface area (Å²) in [5, 5.41) is 4.65. The van der Waals surface area contributed by atoms with Gasteiger partial charge in [0.15, 0.2) is 0 Å². The molecule has 0 unspecified atom stereocenters. The van der Waals surface area contributed by atoms with Crippen LogP contribution in [0.15, 0.2) is 42.7 Å². The van der Waals surface area contributed by atoms with Crippen molar-refractivity contribution in [2.24, 2.45) is 0 Å². The number of ether oxygens (including phenoxy) is 1. The summed E-state index contributed by atoms with van der Waals surface area (Å²) in [7, 11) is 0. The molecule has 1 N–H and O–H groups in total. The van der Waals surface area contributed by atoms with Gasteiger partial charge >= 0.3 is 0 Å². The third kappa shape index (κ3) is 3.58. The average molecular weight is 369 g/mol. The van der Waals surface area contributed by atoms with Crippen LogP contribution < -0.4 is 5.32 Å². The first-order chi connectivity index (χ1) is 12.6. The minimum absolute atomic E-state index is 0.0410. The van der Waals surface area contributed by atoms with Gasteiger partial charge in [0.05, 0.1) is 18.6 Å². The van der Waals surface area contributed by atoms with Gasteiger partial charge in [0.25, 0.3) is 0 Å². The van der Waals surface area contributed by atoms with Crippen molar-refractivity contribution in [1.29, 1.82) is 0 Å². The molecule has 0 saturated carbocycles. The van der Waals surface area contributed by atoms with Gasteiger partial charge in [-0.1, -0.05) is 30.3 Å². The van der Waals surface area contributed by atoms with Crippen molar-refractivity contribution in [2.75, 3.05) is 38.2 Å². The van der Waals surface area contributed by atoms with Crippen LogP contribution in [0, 0.1) is 0 Å². The SMILES string of the molecule is CC(C)(CNc1ncnc2sc(-c3ccccc3)cc12)N1CCOCC1. The Morgan fingerprint density at radius 2 is 1.92 bits per heavy atom. The van der Waals surface area contributed by atoms with Gasteiger partial charge in [-0.05, 0) is 25.5 Å². The number of hydrogen-bond acceptors (Lipinski definition) is 6. The van der Waals surface area contributed by atoms with E-state index in [0.29, 0.717) is 0 Å². The van der Waals surface area contributed by atoms with Gasteiger partial charge in [-0.25, -0.2) is 9.97 Å². The highest BCUT2D eigenvalue weighted by Crippen LogP contribution is 2.35. The Balaban J connectivity index is 1.56. The zero-order valence-corrected chi connectivity index (χ0v) is 16.1. The molecular formula is C20H24N4OS. The zero-order chi connectivity index (χ0) is 18.0. The van der Waals surface area contributed by atoms with E-state index in [9.17, 15) is 0 Å². The van der Waals surface area contributed by atoms with Gasteiger partial charge in [0.1, 0.15) is 17.0 Å². The standard InChI is InChI=1S/C20H24N4OS/c1-20(2,24-8-10-25-11-9-24)13-21-18-16-12-17(15-6-4-3-5-7-15)26-19(16)23-14-22-18/h3-7,12,14H,8-11,13H2,1-2H3,(H,21,22,23). The minimum atomic E-state index is 0.0410. The lowest BCUT2D eigenvalue weighted by Crippen LogP contribution is -2.53. The molecule has 4 rings (SSSR count). The molecule has 0 radical (unpaired) electrons. The van der Waals surface area contributed by atoms with E-state index in [-0.39, 0.29) is 5.54 Å². The molecule has 136 valence electrons. The lowest BCUT2D eigenvalue weighted by molar-refractivity contribution is -0.00569. The number of aromatic nitrogens is 2. The van der Waals surface area contributed by atoms with Gasteiger partial charge in [-0.2, -0.15) is 0 Å². The Morgan fingerprint density at radius 1 is 1.15 bits per heavy atom. The van der Waals surface area contributed by atoms with Gasteiger partial charge in [0, 0.05) is 30.1 Å². The number of hydrogen-bond donors (Lipinski definition) is 1. The van der Waals surface area contributed by atoms with Crippen LogP contribution in [0.25, 0.3) is 20.7 Å². The predicted octanol–water partition coefficient (Wildman–Crippen LogP) is 3.88. The van der Waals surface area contributed by atoms with Crippen LogP contribution >= 0.6 is 11.3 Å². The van der Waals surface area contributed by atoms with Gasteiger partial charge in [-0.3, -0.25) is 4.90 Å². The smallest absolute Gasteiger partial charge is 0.138 e. The average Bonchev–Trinajstić information content (AvgIpc) is 3.13. The molecule has 0 amide bonds. The molecule has 26 heavy (non-hydrogen) atoms. The van der Waals surface area contributed by atoms with Gasteiger partial charge in [0.2, 0.25) is 0 Å². The second kappa shape index (κ2) is 7.31. The maximum atomic E-state index is 5.48. The quantitative estimate of drug-likeness (QED) is 0.741. The van der Waals surface area contributed by atoms with E-state index in [1.54, 1.807) is 17.7 Å². The fourth-order valence-electron chi connectivity index (χ4n) is 3.32. The van der Waals surface area contributed by atoms with E-state index in [2.05, 4.69) is 64.4 Å². The van der Waals surface area contributed by atoms with Crippen LogP contribution in [0.2, 0.25) is 0 Å². The van der Waals surface area contributed by atoms with Crippen molar-refractivity contribution in [2.45, 2.75) is 19.4 Å². The van der Waals surface area contributed by atoms with Gasteiger partial charge < -0.3 is 10.1 Å². The second-order valence-corrected chi connectivity index (χ2v) is 8.21. The minimum Gasteiger partial charge on any atom is -0.379 e. The molecule has 1 fully saturated rings. The Morgan fingerprint density at radius 3 is 2.69 bits per heavy atom. The van der Waals surface area contributed by atoms with E-state index in [0.717, 1.165) is 48.9 Å². The molecule has 0 atom stereocenters. The van der Waals surface area contributed by atoms with Gasteiger partial charge in [-0.15, -0.1) is 11.3 Å². The van der Waals surface area contributed by atoms with E-state index in [1.807, 2.05) is 6.07 Å². The lowest BCUT2D eigenvalue weighted by atomic mass is 10.0. The molecule has 5 nitrogen and oxygen atoms in total. The van der Waals surface area contributed by atoms with E-state index >= 15 is 0 Å². The fourth-order valence-corrected chi connectivity index (χ4v) is 4.33. The highest BCUT2D eigenvalue weighted by atomic mass is 32.1. The molecule has 0 spiro atoms. The molecule has 3 heterocycles. The maximum absolute atomic E-state index is 5.48. The summed E-state index contributed by atoms with van der Waals surface area (Å²) in [6, 6.07) is 12.6. The van der Waals surface area contributed by atoms with Crippen molar-refractivity contribution in [1.82, 2.24) is 14.9 Å². The number of fused-ring (bicyclic) bond motifs is 1. The Kier molecular flexibility index (Phi) is 4.89. The van der Waals surface area contributed by atoms with E-state index < -0.39 is 0 Å². The molecule has 6 heteroatoms. The van der Waals surface area contributed by atoms with Crippen molar-refractivity contribution in [3.05, 3.63) is 42.7 Å². The van der Waals surface area contributed by atoms with Crippen LogP contribution in [0.1, 0.15) is 13.8 Å². The Hall–Kier alpha value is -2.02. The lowest BCUT2D eigenvalue weighted by Gasteiger charge is -2.41. The Bertz CT molecular complexity index is 872. The Labute approximate surface area is 158 Å². The van der Waals surface area contributed by atoms with E-state index in [4.69, 9.17) is 4.74 Å². The van der Waals surface area contributed by atoms with E-state index in [1.165, 1.54) is 10.4 Å². The second-order valence-electron chi connectivity index (χ2n) is 7.18. The number of rotatable bonds is 5. The van der Waals surface area contributed by atoms with Crippen molar-refractivity contribution in [3.8, 4) is 10.4 Å². The van der Waals surface area contributed by atoms with Crippen LogP contribution in [-0.4, -0.2) is 53.3 Å². The van der Waals surface area contributed by atoms with Crippen LogP contribution in [0.3, 0.4) is 0 Å². The number of benzene rings is 1. The third-order valence-corrected chi connectivity index (χ3v) is 6.04. The first-order valence-corrected chi connectivity index (χ1v) is 9.82. The number of thiophene rings is 1. The molecule has 0 aliphatic carbocycles. The summed E-state index contributed by atoms with van der Waals surface area (Å²) in [5.74, 6) is 0.912. The summed E-state index contributed by atoms with van der Waals surface area (Å²) in [5.41, 5.74) is 1.26. The van der Waals surface area contributed by atoms with Crippen molar-refractivity contribution in [3.63, 3.8) is 0 Å². The highest BCUT2D eigenvalue weighted by molar-refractivity contribution is 7.21. The normalized spacial score (nSPS) is 16.1. The molecule has 1 aromatic carbocycles. The summed E-state index contributed by atoms with van der Waals surface area (Å²) in [4.78, 5) is 13.7. The predicted molar refractivity (Wildman–Crippen MR) is 108 cm³/mol. The molecular weight excluding hydrogens is 344 g/mol. The monoisotopic (exact) mass is 368 g/mol. The number of nitrogens with one attached hydrogen (secondary N) is 1. The summed E-state index contributed by atoms with van der Waals surface area (Å²) >= 11 is 1.71. The molecule has 1 saturated heterocycles. The molecule has 0 bridgehead atoms. The van der Waals surface area contributed by atoms with Crippen molar-refractivity contribution < 1.29 is 4.74 Å². The number of nitrogens with zero attached hydrogens (tertiary/aromatic N) is 3. The first-order valence-electron chi connectivity index (χ1n) is 9.00. The van der Waals surface area contributed by atoms with Crippen LogP contribution in [-0.2, 0) is 4.74 Å². The first kappa shape index (κ1) is 17.4. The van der Waals surface area contributed by atoms with Crippen molar-refractivity contribution >= 4 is 27.4 Å². The summed E-state index contributed by atoms with van der Waals surface area (Å²) in [6.45, 7) is 8.95. The maximum Gasteiger partial charge on any atom is 0.138 e. The summed E-state index contributed by atoms with van der Waals surface area (Å²) in [6.07, 6.45) is 1.65. The molecule has 2 aromatic heterocycles.